The molecule has 4 atom stereocenters. The van der Waals surface area contributed by atoms with Gasteiger partial charge in [0.25, 0.3) is 0 Å². The Kier molecular flexibility index (Phi) is 3.18. The maximum Gasteiger partial charge on any atom is 0.243 e. The van der Waals surface area contributed by atoms with Crippen molar-refractivity contribution in [2.24, 2.45) is 0 Å². The third kappa shape index (κ3) is 2.00. The summed E-state index contributed by atoms with van der Waals surface area (Å²) in [4.78, 5) is 0.436. The van der Waals surface area contributed by atoms with Gasteiger partial charge in [0.1, 0.15) is 0 Å². The van der Waals surface area contributed by atoms with E-state index in [2.05, 4.69) is 22.6 Å². The van der Waals surface area contributed by atoms with E-state index < -0.39 is 10.0 Å². The molecule has 0 radical (unpaired) electrons. The second-order valence-electron chi connectivity index (χ2n) is 5.15. The summed E-state index contributed by atoms with van der Waals surface area (Å²) >= 11 is 2.40. The van der Waals surface area contributed by atoms with Crippen LogP contribution in [0.5, 0.6) is 0 Å². The molecule has 3 nitrogen and oxygen atoms in total. The number of rotatable bonds is 2. The van der Waals surface area contributed by atoms with Crippen LogP contribution in [0, 0.1) is 6.92 Å². The van der Waals surface area contributed by atoms with Gasteiger partial charge in [0, 0.05) is 9.97 Å². The molecule has 1 heterocycles. The fraction of sp³-hybridized carbons (Fsp3) is 0.538. The minimum absolute atomic E-state index is 0.241. The monoisotopic (exact) mass is 377 g/mol. The van der Waals surface area contributed by atoms with Crippen molar-refractivity contribution in [3.8, 4) is 0 Å². The van der Waals surface area contributed by atoms with Crippen LogP contribution in [0.1, 0.15) is 24.8 Å². The Bertz CT molecular complexity index is 555. The van der Waals surface area contributed by atoms with Crippen LogP contribution >= 0.6 is 22.6 Å². The molecular formula is C13H16INO2S. The molecule has 0 amide bonds. The predicted octanol–water partition coefficient (Wildman–Crippen LogP) is 2.72. The standard InChI is InChI=1S/C13H16INO2S/c1-9-5-7-10(8-6-9)18(16,17)15-12-4-2-3-11(14)13(12)15/h5-8,11-13H,2-4H2,1H3/t11-,12-,13+,15?/m0/s1. The third-order valence-corrected chi connectivity index (χ3v) is 7.17. The minimum atomic E-state index is -3.27. The van der Waals surface area contributed by atoms with Gasteiger partial charge in [0.2, 0.25) is 10.0 Å². The van der Waals surface area contributed by atoms with Crippen molar-refractivity contribution in [1.29, 1.82) is 0 Å². The molecule has 0 bridgehead atoms. The van der Waals surface area contributed by atoms with Gasteiger partial charge in [0.05, 0.1) is 10.9 Å². The molecule has 5 heteroatoms. The summed E-state index contributed by atoms with van der Waals surface area (Å²) < 4.78 is 27.3. The summed E-state index contributed by atoms with van der Waals surface area (Å²) in [5.74, 6) is 0. The van der Waals surface area contributed by atoms with Gasteiger partial charge in [-0.05, 0) is 31.9 Å². The van der Waals surface area contributed by atoms with Gasteiger partial charge < -0.3 is 0 Å². The average Bonchev–Trinajstić information content (AvgIpc) is 3.06. The Morgan fingerprint density at radius 1 is 1.22 bits per heavy atom. The molecule has 0 spiro atoms. The quantitative estimate of drug-likeness (QED) is 0.452. The molecule has 1 aromatic carbocycles. The second-order valence-corrected chi connectivity index (χ2v) is 8.60. The maximum atomic E-state index is 12.5. The summed E-state index contributed by atoms with van der Waals surface area (Å²) in [6.45, 7) is 1.97. The molecule has 1 unspecified atom stereocenters. The largest absolute Gasteiger partial charge is 0.243 e. The van der Waals surface area contributed by atoms with Crippen LogP contribution in [0.2, 0.25) is 0 Å². The lowest BCUT2D eigenvalue weighted by molar-refractivity contribution is 0.545. The summed E-state index contributed by atoms with van der Waals surface area (Å²) in [6, 6.07) is 7.66. The maximum absolute atomic E-state index is 12.5. The van der Waals surface area contributed by atoms with E-state index in [9.17, 15) is 8.42 Å². The summed E-state index contributed by atoms with van der Waals surface area (Å²) in [5, 5.41) is 0. The predicted molar refractivity (Wildman–Crippen MR) is 79.4 cm³/mol. The fourth-order valence-corrected chi connectivity index (χ4v) is 6.19. The first-order valence-electron chi connectivity index (χ1n) is 6.26. The van der Waals surface area contributed by atoms with E-state index in [0.29, 0.717) is 8.82 Å². The first kappa shape index (κ1) is 12.9. The van der Waals surface area contributed by atoms with Gasteiger partial charge in [-0.1, -0.05) is 46.7 Å². The van der Waals surface area contributed by atoms with Crippen LogP contribution in [0.3, 0.4) is 0 Å². The Morgan fingerprint density at radius 2 is 1.89 bits per heavy atom. The van der Waals surface area contributed by atoms with Crippen molar-refractivity contribution < 1.29 is 8.42 Å². The van der Waals surface area contributed by atoms with E-state index >= 15 is 0 Å². The van der Waals surface area contributed by atoms with E-state index in [1.54, 1.807) is 16.4 Å². The average molecular weight is 377 g/mol. The van der Waals surface area contributed by atoms with Gasteiger partial charge in [-0.2, -0.15) is 4.31 Å². The van der Waals surface area contributed by atoms with E-state index in [4.69, 9.17) is 0 Å². The molecule has 2 aliphatic rings. The SMILES string of the molecule is Cc1ccc(S(=O)(=O)N2[C@@H]3[C@@H](I)CCC[C@@H]32)cc1. The van der Waals surface area contributed by atoms with Gasteiger partial charge in [-0.15, -0.1) is 0 Å². The van der Waals surface area contributed by atoms with Crippen molar-refractivity contribution in [1.82, 2.24) is 4.31 Å². The van der Waals surface area contributed by atoms with E-state index in [0.717, 1.165) is 24.8 Å². The van der Waals surface area contributed by atoms with E-state index in [1.165, 1.54) is 0 Å². The summed E-state index contributed by atoms with van der Waals surface area (Å²) in [6.07, 6.45) is 3.31. The lowest BCUT2D eigenvalue weighted by Crippen LogP contribution is -2.19. The normalized spacial score (nSPS) is 35.0. The smallest absolute Gasteiger partial charge is 0.207 e. The van der Waals surface area contributed by atoms with Crippen molar-refractivity contribution in [2.75, 3.05) is 0 Å². The zero-order chi connectivity index (χ0) is 12.9. The number of hydrogen-bond acceptors (Lipinski definition) is 2. The Labute approximate surface area is 122 Å². The van der Waals surface area contributed by atoms with Crippen LogP contribution in [0.25, 0.3) is 0 Å². The highest BCUT2D eigenvalue weighted by atomic mass is 127. The number of hydrogen-bond donors (Lipinski definition) is 0. The molecule has 1 aliphatic heterocycles. The first-order chi connectivity index (χ1) is 8.51. The van der Waals surface area contributed by atoms with Crippen molar-refractivity contribution >= 4 is 32.6 Å². The van der Waals surface area contributed by atoms with Crippen molar-refractivity contribution in [3.05, 3.63) is 29.8 Å². The zero-order valence-corrected chi connectivity index (χ0v) is 13.2. The molecule has 1 aliphatic carbocycles. The molecule has 1 saturated carbocycles. The number of benzene rings is 1. The number of alkyl halides is 1. The molecule has 18 heavy (non-hydrogen) atoms. The van der Waals surface area contributed by atoms with Crippen LogP contribution in [0.15, 0.2) is 29.2 Å². The van der Waals surface area contributed by atoms with Crippen LogP contribution in [0.4, 0.5) is 0 Å². The number of fused-ring (bicyclic) bond motifs is 1. The number of nitrogens with zero attached hydrogens (tertiary/aromatic N) is 1. The summed E-state index contributed by atoms with van der Waals surface area (Å²) in [5.41, 5.74) is 1.09. The Morgan fingerprint density at radius 3 is 2.50 bits per heavy atom. The third-order valence-electron chi connectivity index (χ3n) is 3.87. The molecule has 3 rings (SSSR count). The Hall–Kier alpha value is -0.140. The molecule has 1 saturated heterocycles. The molecular weight excluding hydrogens is 361 g/mol. The Balaban J connectivity index is 1.90. The van der Waals surface area contributed by atoms with E-state index in [-0.39, 0.29) is 12.1 Å². The van der Waals surface area contributed by atoms with Crippen LogP contribution in [-0.2, 0) is 10.0 Å². The van der Waals surface area contributed by atoms with Crippen LogP contribution < -0.4 is 0 Å². The molecule has 98 valence electrons. The van der Waals surface area contributed by atoms with Crippen molar-refractivity contribution in [3.63, 3.8) is 0 Å². The van der Waals surface area contributed by atoms with E-state index in [1.807, 2.05) is 19.1 Å². The topological polar surface area (TPSA) is 37.1 Å². The minimum Gasteiger partial charge on any atom is -0.207 e. The molecule has 2 fully saturated rings. The molecule has 0 N–H and O–H groups in total. The highest BCUT2D eigenvalue weighted by molar-refractivity contribution is 14.1. The van der Waals surface area contributed by atoms with Gasteiger partial charge in [-0.25, -0.2) is 8.42 Å². The molecule has 1 aromatic rings. The molecule has 0 aromatic heterocycles. The number of aryl methyl sites for hydroxylation is 1. The zero-order valence-electron chi connectivity index (χ0n) is 10.2. The van der Waals surface area contributed by atoms with Gasteiger partial charge >= 0.3 is 0 Å². The highest BCUT2D eigenvalue weighted by Gasteiger charge is 2.59. The first-order valence-corrected chi connectivity index (χ1v) is 8.94. The fourth-order valence-electron chi connectivity index (χ4n) is 2.84. The summed E-state index contributed by atoms with van der Waals surface area (Å²) in [7, 11) is -3.27. The van der Waals surface area contributed by atoms with Gasteiger partial charge in [0.15, 0.2) is 0 Å². The van der Waals surface area contributed by atoms with Crippen molar-refractivity contribution in [2.45, 2.75) is 47.1 Å². The second kappa shape index (κ2) is 4.45. The van der Waals surface area contributed by atoms with Gasteiger partial charge in [-0.3, -0.25) is 0 Å². The lowest BCUT2D eigenvalue weighted by Gasteiger charge is -2.11. The lowest BCUT2D eigenvalue weighted by atomic mass is 10.0. The van der Waals surface area contributed by atoms with Crippen LogP contribution in [-0.4, -0.2) is 28.7 Å². The number of sulfonamides is 1. The number of halogens is 1. The highest BCUT2D eigenvalue weighted by Crippen LogP contribution is 2.47.